The van der Waals surface area contributed by atoms with Crippen molar-refractivity contribution in [3.05, 3.63) is 90.5 Å². The van der Waals surface area contributed by atoms with Crippen molar-refractivity contribution in [2.45, 2.75) is 16.2 Å². The number of fused-ring (bicyclic) bond motifs is 2. The van der Waals surface area contributed by atoms with Crippen molar-refractivity contribution in [1.29, 1.82) is 0 Å². The second-order valence-corrected chi connectivity index (χ2v) is 9.06. The highest BCUT2D eigenvalue weighted by atomic mass is 32.2. The number of nitrogens with zero attached hydrogens (tertiary/aromatic N) is 2. The third-order valence-electron chi connectivity index (χ3n) is 5.34. The van der Waals surface area contributed by atoms with Gasteiger partial charge in [-0.3, -0.25) is 0 Å². The van der Waals surface area contributed by atoms with Crippen LogP contribution in [0.2, 0.25) is 0 Å². The van der Waals surface area contributed by atoms with Gasteiger partial charge in [0.05, 0.1) is 17.1 Å². The highest BCUT2D eigenvalue weighted by Crippen LogP contribution is 2.48. The van der Waals surface area contributed by atoms with Crippen molar-refractivity contribution < 1.29 is 4.74 Å². The van der Waals surface area contributed by atoms with Gasteiger partial charge in [-0.25, -0.2) is 4.99 Å². The largest absolute Gasteiger partial charge is 0.457 e. The molecule has 1 aliphatic heterocycles. The summed E-state index contributed by atoms with van der Waals surface area (Å²) in [6, 6.07) is 22.2. The fourth-order valence-corrected chi connectivity index (χ4v) is 5.07. The van der Waals surface area contributed by atoms with Gasteiger partial charge in [0.15, 0.2) is 0 Å². The van der Waals surface area contributed by atoms with Crippen LogP contribution < -0.4 is 15.4 Å². The van der Waals surface area contributed by atoms with E-state index in [0.29, 0.717) is 5.84 Å². The Labute approximate surface area is 197 Å². The Kier molecular flexibility index (Phi) is 5.55. The van der Waals surface area contributed by atoms with Gasteiger partial charge in [-0.1, -0.05) is 54.3 Å². The molecule has 5 rings (SSSR count). The van der Waals surface area contributed by atoms with Crippen LogP contribution in [0.4, 0.5) is 17.1 Å². The van der Waals surface area contributed by atoms with E-state index < -0.39 is 0 Å². The standard InChI is InChI=1S/C26H21N3OS2/c1-29-21-7-3-5-9-24(21)32-25-15-14-19(16-22(25)29)30-18-12-10-17(11-13-18)28-26(27)20-6-2-4-8-23(20)31/h2-7,9-16H,8H2,1H3,(H2,27,28). The maximum absolute atomic E-state index is 6.17. The summed E-state index contributed by atoms with van der Waals surface area (Å²) >= 11 is 7.16. The summed E-state index contributed by atoms with van der Waals surface area (Å²) < 4.78 is 6.12. The van der Waals surface area contributed by atoms with Gasteiger partial charge in [0.1, 0.15) is 17.3 Å². The van der Waals surface area contributed by atoms with Gasteiger partial charge in [-0.05, 0) is 48.5 Å². The van der Waals surface area contributed by atoms with Crippen LogP contribution in [0.1, 0.15) is 6.42 Å². The van der Waals surface area contributed by atoms with Crippen molar-refractivity contribution >= 4 is 51.7 Å². The molecule has 0 bridgehead atoms. The summed E-state index contributed by atoms with van der Waals surface area (Å²) in [5.74, 6) is 1.96. The molecule has 0 amide bonds. The SMILES string of the molecule is CN1c2ccccc2Sc2ccc(Oc3ccc(N=C(N)C4=CC=CCC4=S)cc3)cc21. The number of nitrogens with two attached hydrogens (primary N) is 1. The predicted molar refractivity (Wildman–Crippen MR) is 137 cm³/mol. The molecule has 4 nitrogen and oxygen atoms in total. The van der Waals surface area contributed by atoms with Crippen LogP contribution in [0, 0.1) is 0 Å². The van der Waals surface area contributed by atoms with E-state index in [1.807, 2.05) is 48.6 Å². The summed E-state index contributed by atoms with van der Waals surface area (Å²) in [5, 5.41) is 0. The number of ether oxygens (including phenoxy) is 1. The lowest BCUT2D eigenvalue weighted by molar-refractivity contribution is 0.482. The Bertz CT molecular complexity index is 1290. The molecular formula is C26H21N3OS2. The number of para-hydroxylation sites is 1. The maximum Gasteiger partial charge on any atom is 0.132 e. The van der Waals surface area contributed by atoms with Crippen LogP contribution >= 0.6 is 24.0 Å². The summed E-state index contributed by atoms with van der Waals surface area (Å²) in [6.07, 6.45) is 6.61. The monoisotopic (exact) mass is 455 g/mol. The highest BCUT2D eigenvalue weighted by Gasteiger charge is 2.21. The van der Waals surface area contributed by atoms with E-state index in [1.165, 1.54) is 15.5 Å². The van der Waals surface area contributed by atoms with Crippen LogP contribution in [-0.2, 0) is 0 Å². The fraction of sp³-hybridized carbons (Fsp3) is 0.0769. The van der Waals surface area contributed by atoms with E-state index in [9.17, 15) is 0 Å². The second kappa shape index (κ2) is 8.65. The van der Waals surface area contributed by atoms with Gasteiger partial charge in [0, 0.05) is 39.8 Å². The molecule has 3 aromatic rings. The minimum Gasteiger partial charge on any atom is -0.457 e. The molecule has 3 aromatic carbocycles. The number of anilines is 2. The normalized spacial score (nSPS) is 15.2. The molecule has 1 aliphatic carbocycles. The van der Waals surface area contributed by atoms with E-state index >= 15 is 0 Å². The predicted octanol–water partition coefficient (Wildman–Crippen LogP) is 6.96. The number of thiocarbonyl (C=S) groups is 1. The van der Waals surface area contributed by atoms with Crippen molar-refractivity contribution in [2.24, 2.45) is 10.7 Å². The number of rotatable bonds is 4. The minimum absolute atomic E-state index is 0.434. The number of allylic oxidation sites excluding steroid dienone is 3. The molecule has 2 aliphatic rings. The Morgan fingerprint density at radius 1 is 1.00 bits per heavy atom. The number of hydrogen-bond acceptors (Lipinski definition) is 5. The maximum atomic E-state index is 6.17. The molecule has 1 heterocycles. The summed E-state index contributed by atoms with van der Waals surface area (Å²) in [7, 11) is 2.08. The molecular weight excluding hydrogens is 434 g/mol. The zero-order chi connectivity index (χ0) is 22.1. The Hall–Kier alpha value is -3.35. The van der Waals surface area contributed by atoms with Crippen LogP contribution in [-0.4, -0.2) is 17.7 Å². The molecule has 0 saturated carbocycles. The van der Waals surface area contributed by atoms with Gasteiger partial charge in [-0.2, -0.15) is 0 Å². The van der Waals surface area contributed by atoms with E-state index in [-0.39, 0.29) is 0 Å². The lowest BCUT2D eigenvalue weighted by atomic mass is 10.0. The molecule has 0 aromatic heterocycles. The van der Waals surface area contributed by atoms with E-state index in [4.69, 9.17) is 22.7 Å². The molecule has 0 atom stereocenters. The van der Waals surface area contributed by atoms with E-state index in [2.05, 4.69) is 53.3 Å². The minimum atomic E-state index is 0.434. The number of aliphatic imine (C=N–C) groups is 1. The van der Waals surface area contributed by atoms with Crippen molar-refractivity contribution in [3.8, 4) is 11.5 Å². The average molecular weight is 456 g/mol. The van der Waals surface area contributed by atoms with Crippen LogP contribution in [0.3, 0.4) is 0 Å². The summed E-state index contributed by atoms with van der Waals surface area (Å²) in [4.78, 5) is 9.99. The van der Waals surface area contributed by atoms with Crippen molar-refractivity contribution in [3.63, 3.8) is 0 Å². The van der Waals surface area contributed by atoms with Gasteiger partial charge >= 0.3 is 0 Å². The molecule has 2 N–H and O–H groups in total. The zero-order valence-corrected chi connectivity index (χ0v) is 19.1. The topological polar surface area (TPSA) is 50.8 Å². The van der Waals surface area contributed by atoms with Crippen molar-refractivity contribution in [2.75, 3.05) is 11.9 Å². The summed E-state index contributed by atoms with van der Waals surface area (Å²) in [6.45, 7) is 0. The number of hydrogen-bond donors (Lipinski definition) is 1. The Balaban J connectivity index is 1.33. The quantitative estimate of drug-likeness (QED) is 0.262. The molecule has 0 radical (unpaired) electrons. The smallest absolute Gasteiger partial charge is 0.132 e. The number of benzene rings is 3. The van der Waals surface area contributed by atoms with Crippen molar-refractivity contribution in [1.82, 2.24) is 0 Å². The van der Waals surface area contributed by atoms with Crippen LogP contribution in [0.25, 0.3) is 0 Å². The highest BCUT2D eigenvalue weighted by molar-refractivity contribution is 7.99. The van der Waals surface area contributed by atoms with E-state index in [0.717, 1.165) is 39.7 Å². The van der Waals surface area contributed by atoms with Crippen LogP contribution in [0.15, 0.2) is 105 Å². The molecule has 32 heavy (non-hydrogen) atoms. The third kappa shape index (κ3) is 4.07. The van der Waals surface area contributed by atoms with E-state index in [1.54, 1.807) is 11.8 Å². The fourth-order valence-electron chi connectivity index (χ4n) is 3.67. The number of amidine groups is 1. The molecule has 0 saturated heterocycles. The zero-order valence-electron chi connectivity index (χ0n) is 17.5. The summed E-state index contributed by atoms with van der Waals surface area (Å²) in [5.41, 5.74) is 10.1. The molecule has 0 spiro atoms. The first kappa shape index (κ1) is 20.5. The Morgan fingerprint density at radius 2 is 1.75 bits per heavy atom. The first-order valence-corrected chi connectivity index (χ1v) is 11.5. The lowest BCUT2D eigenvalue weighted by Crippen LogP contribution is -2.20. The third-order valence-corrected chi connectivity index (χ3v) is 6.86. The molecule has 0 unspecified atom stereocenters. The molecule has 6 heteroatoms. The molecule has 158 valence electrons. The Morgan fingerprint density at radius 3 is 2.56 bits per heavy atom. The van der Waals surface area contributed by atoms with Gasteiger partial charge < -0.3 is 15.4 Å². The average Bonchev–Trinajstić information content (AvgIpc) is 2.81. The van der Waals surface area contributed by atoms with Gasteiger partial charge in [0.2, 0.25) is 0 Å². The second-order valence-electron chi connectivity index (χ2n) is 7.49. The lowest BCUT2D eigenvalue weighted by Gasteiger charge is -2.29. The molecule has 0 fully saturated rings. The first-order chi connectivity index (χ1) is 15.6. The van der Waals surface area contributed by atoms with Gasteiger partial charge in [0.25, 0.3) is 0 Å². The first-order valence-electron chi connectivity index (χ1n) is 10.3. The van der Waals surface area contributed by atoms with Gasteiger partial charge in [-0.15, -0.1) is 0 Å². The van der Waals surface area contributed by atoms with Crippen LogP contribution in [0.5, 0.6) is 11.5 Å².